The molecule has 2 heterocycles. The summed E-state index contributed by atoms with van der Waals surface area (Å²) >= 11 is 0. The fourth-order valence-corrected chi connectivity index (χ4v) is 2.85. The molecule has 1 aromatic heterocycles. The van der Waals surface area contributed by atoms with Crippen LogP contribution in [0.15, 0.2) is 57.7 Å². The van der Waals surface area contributed by atoms with Crippen LogP contribution in [-0.2, 0) is 4.74 Å². The van der Waals surface area contributed by atoms with Gasteiger partial charge in [0, 0.05) is 19.2 Å². The summed E-state index contributed by atoms with van der Waals surface area (Å²) in [6, 6.07) is 15.0. The highest BCUT2D eigenvalue weighted by Crippen LogP contribution is 2.22. The molecule has 0 aliphatic carbocycles. The van der Waals surface area contributed by atoms with E-state index in [9.17, 15) is 4.79 Å². The first-order valence-corrected chi connectivity index (χ1v) is 8.88. The van der Waals surface area contributed by atoms with Crippen molar-refractivity contribution in [2.75, 3.05) is 44.4 Å². The van der Waals surface area contributed by atoms with Gasteiger partial charge in [0.1, 0.15) is 30.3 Å². The summed E-state index contributed by atoms with van der Waals surface area (Å²) in [6.45, 7) is 3.28. The van der Waals surface area contributed by atoms with Gasteiger partial charge in [-0.15, -0.1) is 0 Å². The maximum Gasteiger partial charge on any atom is 0.301 e. The maximum atomic E-state index is 12.3. The van der Waals surface area contributed by atoms with Crippen molar-refractivity contribution in [1.29, 1.82) is 0 Å². The van der Waals surface area contributed by atoms with Crippen molar-refractivity contribution in [2.24, 2.45) is 0 Å². The molecule has 0 spiro atoms. The zero-order valence-electron chi connectivity index (χ0n) is 14.8. The molecule has 1 fully saturated rings. The predicted octanol–water partition coefficient (Wildman–Crippen LogP) is 2.48. The number of anilines is 1. The Labute approximate surface area is 156 Å². The summed E-state index contributed by atoms with van der Waals surface area (Å²) in [5.74, 6) is 1.41. The highest BCUT2D eigenvalue weighted by atomic mass is 16.5. The summed E-state index contributed by atoms with van der Waals surface area (Å²) in [7, 11) is 0. The molecule has 0 atom stereocenters. The lowest BCUT2D eigenvalue weighted by molar-refractivity contribution is 0.120. The Kier molecular flexibility index (Phi) is 5.20. The molecule has 0 radical (unpaired) electrons. The standard InChI is InChI=1S/C20H20N2O5/c23-19-17-7-6-16(26-13-12-25-15-4-2-1-3-5-15)14-18(17)27-20(21-19)22-8-10-24-11-9-22/h1-7,14H,8-13H2. The van der Waals surface area contributed by atoms with E-state index in [4.69, 9.17) is 18.6 Å². The van der Waals surface area contributed by atoms with Crippen LogP contribution in [0.4, 0.5) is 6.01 Å². The molecule has 0 bridgehead atoms. The SMILES string of the molecule is O=c1nc(N2CCOCC2)oc2cc(OCCOc3ccccc3)ccc12. The molecule has 0 N–H and O–H groups in total. The van der Waals surface area contributed by atoms with Gasteiger partial charge < -0.3 is 23.5 Å². The molecule has 2 aromatic carbocycles. The first-order chi connectivity index (χ1) is 13.3. The Morgan fingerprint density at radius 1 is 0.963 bits per heavy atom. The molecular formula is C20H20N2O5. The van der Waals surface area contributed by atoms with Crippen LogP contribution in [0.2, 0.25) is 0 Å². The fraction of sp³-hybridized carbons (Fsp3) is 0.300. The van der Waals surface area contributed by atoms with Crippen molar-refractivity contribution in [3.05, 3.63) is 58.9 Å². The number of para-hydroxylation sites is 1. The van der Waals surface area contributed by atoms with Crippen LogP contribution in [0.1, 0.15) is 0 Å². The Hall–Kier alpha value is -3.06. The minimum atomic E-state index is -0.309. The van der Waals surface area contributed by atoms with E-state index in [-0.39, 0.29) is 5.56 Å². The summed E-state index contributed by atoms with van der Waals surface area (Å²) < 4.78 is 22.5. The highest BCUT2D eigenvalue weighted by Gasteiger charge is 2.17. The largest absolute Gasteiger partial charge is 0.490 e. The Balaban J connectivity index is 1.45. The van der Waals surface area contributed by atoms with Gasteiger partial charge in [-0.3, -0.25) is 4.79 Å². The Morgan fingerprint density at radius 2 is 1.70 bits per heavy atom. The molecule has 1 saturated heterocycles. The van der Waals surface area contributed by atoms with Crippen molar-refractivity contribution in [3.63, 3.8) is 0 Å². The molecule has 3 aromatic rings. The monoisotopic (exact) mass is 368 g/mol. The lowest BCUT2D eigenvalue weighted by Crippen LogP contribution is -2.37. The Bertz CT molecular complexity index is 951. The second kappa shape index (κ2) is 8.09. The van der Waals surface area contributed by atoms with E-state index >= 15 is 0 Å². The number of ether oxygens (including phenoxy) is 3. The van der Waals surface area contributed by atoms with Gasteiger partial charge in [-0.1, -0.05) is 18.2 Å². The lowest BCUT2D eigenvalue weighted by atomic mass is 10.2. The van der Waals surface area contributed by atoms with Crippen molar-refractivity contribution in [2.45, 2.75) is 0 Å². The van der Waals surface area contributed by atoms with E-state index < -0.39 is 0 Å². The van der Waals surface area contributed by atoms with E-state index in [1.807, 2.05) is 35.2 Å². The molecule has 7 heteroatoms. The second-order valence-electron chi connectivity index (χ2n) is 6.07. The first-order valence-electron chi connectivity index (χ1n) is 8.88. The summed E-state index contributed by atoms with van der Waals surface area (Å²) in [6.07, 6.45) is 0. The smallest absolute Gasteiger partial charge is 0.301 e. The summed E-state index contributed by atoms with van der Waals surface area (Å²) in [4.78, 5) is 18.2. The number of aromatic nitrogens is 1. The maximum absolute atomic E-state index is 12.3. The highest BCUT2D eigenvalue weighted by molar-refractivity contribution is 5.77. The molecule has 1 aliphatic rings. The zero-order chi connectivity index (χ0) is 18.5. The van der Waals surface area contributed by atoms with Crippen molar-refractivity contribution >= 4 is 17.0 Å². The van der Waals surface area contributed by atoms with Gasteiger partial charge in [0.15, 0.2) is 0 Å². The number of nitrogens with zero attached hydrogens (tertiary/aromatic N) is 2. The minimum absolute atomic E-state index is 0.309. The molecule has 0 saturated carbocycles. The van der Waals surface area contributed by atoms with E-state index in [0.717, 1.165) is 5.75 Å². The van der Waals surface area contributed by atoms with Gasteiger partial charge in [-0.25, -0.2) is 0 Å². The molecule has 7 nitrogen and oxygen atoms in total. The van der Waals surface area contributed by atoms with Crippen LogP contribution >= 0.6 is 0 Å². The van der Waals surface area contributed by atoms with Gasteiger partial charge in [-0.2, -0.15) is 4.98 Å². The predicted molar refractivity (Wildman–Crippen MR) is 101 cm³/mol. The average molecular weight is 368 g/mol. The van der Waals surface area contributed by atoms with Crippen LogP contribution in [0, 0.1) is 0 Å². The molecule has 1 aliphatic heterocycles. The number of morpholine rings is 1. The van der Waals surface area contributed by atoms with Crippen LogP contribution < -0.4 is 19.9 Å². The average Bonchev–Trinajstić information content (AvgIpc) is 2.72. The van der Waals surface area contributed by atoms with Crippen LogP contribution in [-0.4, -0.2) is 44.5 Å². The van der Waals surface area contributed by atoms with Gasteiger partial charge in [0.05, 0.1) is 18.6 Å². The van der Waals surface area contributed by atoms with Gasteiger partial charge >= 0.3 is 6.01 Å². The third-order valence-corrected chi connectivity index (χ3v) is 4.23. The topological polar surface area (TPSA) is 74.0 Å². The number of rotatable bonds is 6. The zero-order valence-corrected chi connectivity index (χ0v) is 14.8. The van der Waals surface area contributed by atoms with Crippen molar-refractivity contribution < 1.29 is 18.6 Å². The van der Waals surface area contributed by atoms with Crippen LogP contribution in [0.5, 0.6) is 11.5 Å². The van der Waals surface area contributed by atoms with E-state index in [1.165, 1.54) is 0 Å². The van der Waals surface area contributed by atoms with Crippen molar-refractivity contribution in [3.8, 4) is 11.5 Å². The van der Waals surface area contributed by atoms with Gasteiger partial charge in [-0.05, 0) is 24.3 Å². The second-order valence-corrected chi connectivity index (χ2v) is 6.07. The van der Waals surface area contributed by atoms with E-state index in [0.29, 0.717) is 62.3 Å². The summed E-state index contributed by atoms with van der Waals surface area (Å²) in [5, 5.41) is 0.430. The van der Waals surface area contributed by atoms with Crippen LogP contribution in [0.25, 0.3) is 11.0 Å². The van der Waals surface area contributed by atoms with Crippen molar-refractivity contribution in [1.82, 2.24) is 4.98 Å². The fourth-order valence-electron chi connectivity index (χ4n) is 2.85. The van der Waals surface area contributed by atoms with Gasteiger partial charge in [0.2, 0.25) is 0 Å². The molecular weight excluding hydrogens is 348 g/mol. The quantitative estimate of drug-likeness (QED) is 0.619. The minimum Gasteiger partial charge on any atom is -0.490 e. The molecule has 4 rings (SSSR count). The number of benzene rings is 2. The normalized spacial score (nSPS) is 14.3. The molecule has 0 amide bonds. The third-order valence-electron chi connectivity index (χ3n) is 4.23. The molecule has 27 heavy (non-hydrogen) atoms. The van der Waals surface area contributed by atoms with Crippen LogP contribution in [0.3, 0.4) is 0 Å². The lowest BCUT2D eigenvalue weighted by Gasteiger charge is -2.25. The van der Waals surface area contributed by atoms with Gasteiger partial charge in [0.25, 0.3) is 5.56 Å². The first kappa shape index (κ1) is 17.4. The number of fused-ring (bicyclic) bond motifs is 1. The van der Waals surface area contributed by atoms with E-state index in [2.05, 4.69) is 4.98 Å². The van der Waals surface area contributed by atoms with E-state index in [1.54, 1.807) is 18.2 Å². The third kappa shape index (κ3) is 4.20. The number of hydrogen-bond acceptors (Lipinski definition) is 7. The molecule has 0 unspecified atom stereocenters. The molecule has 140 valence electrons. The summed E-state index contributed by atoms with van der Waals surface area (Å²) in [5.41, 5.74) is 0.148. The Morgan fingerprint density at radius 3 is 2.48 bits per heavy atom. The number of hydrogen-bond donors (Lipinski definition) is 0.